The highest BCUT2D eigenvalue weighted by atomic mass is 17.1. The van der Waals surface area contributed by atoms with E-state index < -0.39 is 17.5 Å². The van der Waals surface area contributed by atoms with Crippen LogP contribution in [-0.2, 0) is 14.4 Å². The SMILES string of the molecule is C=C1[C@@H](OO)CC=C[C@]1(C)C(=O)OC. The molecule has 0 aromatic carbocycles. The fraction of sp³-hybridized carbons (Fsp3) is 0.500. The van der Waals surface area contributed by atoms with Crippen LogP contribution in [0.25, 0.3) is 0 Å². The summed E-state index contributed by atoms with van der Waals surface area (Å²) in [6, 6.07) is 0. The Balaban J connectivity index is 2.98. The molecule has 0 radical (unpaired) electrons. The Hall–Kier alpha value is -1.13. The van der Waals surface area contributed by atoms with E-state index in [1.54, 1.807) is 19.1 Å². The van der Waals surface area contributed by atoms with Crippen molar-refractivity contribution in [3.8, 4) is 0 Å². The summed E-state index contributed by atoms with van der Waals surface area (Å²) in [5.74, 6) is -0.402. The number of rotatable bonds is 2. The Bertz CT molecular complexity index is 282. The van der Waals surface area contributed by atoms with Crippen molar-refractivity contribution >= 4 is 5.97 Å². The first kappa shape index (κ1) is 10.9. The molecule has 1 N–H and O–H groups in total. The Morgan fingerprint density at radius 2 is 2.43 bits per heavy atom. The maximum atomic E-state index is 11.5. The second-order valence-electron chi connectivity index (χ2n) is 3.45. The predicted molar refractivity (Wildman–Crippen MR) is 50.5 cm³/mol. The van der Waals surface area contributed by atoms with Crippen LogP contribution in [-0.4, -0.2) is 24.4 Å². The normalized spacial score (nSPS) is 31.6. The molecular weight excluding hydrogens is 184 g/mol. The fourth-order valence-electron chi connectivity index (χ4n) is 1.53. The van der Waals surface area contributed by atoms with Gasteiger partial charge in [-0.15, -0.1) is 0 Å². The van der Waals surface area contributed by atoms with Crippen LogP contribution in [0.3, 0.4) is 0 Å². The van der Waals surface area contributed by atoms with E-state index in [0.717, 1.165) is 0 Å². The van der Waals surface area contributed by atoms with Gasteiger partial charge in [0.15, 0.2) is 0 Å². The van der Waals surface area contributed by atoms with Gasteiger partial charge in [0.2, 0.25) is 0 Å². The minimum Gasteiger partial charge on any atom is -0.468 e. The second kappa shape index (κ2) is 3.94. The van der Waals surface area contributed by atoms with Gasteiger partial charge < -0.3 is 4.74 Å². The molecule has 0 saturated heterocycles. The van der Waals surface area contributed by atoms with Crippen LogP contribution in [0.5, 0.6) is 0 Å². The molecule has 4 heteroatoms. The van der Waals surface area contributed by atoms with Gasteiger partial charge in [0.25, 0.3) is 0 Å². The van der Waals surface area contributed by atoms with Crippen LogP contribution in [0.15, 0.2) is 24.3 Å². The lowest BCUT2D eigenvalue weighted by molar-refractivity contribution is -0.270. The molecular formula is C10H14O4. The molecule has 2 atom stereocenters. The van der Waals surface area contributed by atoms with Crippen molar-refractivity contribution in [1.82, 2.24) is 0 Å². The molecule has 0 aromatic rings. The standard InChI is InChI=1S/C10H14O4/c1-7-8(14-12)5-4-6-10(7,2)9(11)13-3/h4,6,8,12H,1,5H2,2-3H3/t8-,10-/m0/s1. The molecule has 0 aromatic heterocycles. The zero-order valence-corrected chi connectivity index (χ0v) is 8.32. The van der Waals surface area contributed by atoms with Gasteiger partial charge in [0, 0.05) is 0 Å². The summed E-state index contributed by atoms with van der Waals surface area (Å²) in [5.41, 5.74) is -0.394. The molecule has 14 heavy (non-hydrogen) atoms. The molecule has 0 aliphatic heterocycles. The first-order valence-electron chi connectivity index (χ1n) is 4.32. The van der Waals surface area contributed by atoms with Gasteiger partial charge in [-0.1, -0.05) is 18.7 Å². The second-order valence-corrected chi connectivity index (χ2v) is 3.45. The number of carbonyl (C=O) groups is 1. The number of esters is 1. The number of ether oxygens (including phenoxy) is 1. The summed E-state index contributed by atoms with van der Waals surface area (Å²) >= 11 is 0. The van der Waals surface area contributed by atoms with Crippen molar-refractivity contribution in [2.75, 3.05) is 7.11 Å². The number of carbonyl (C=O) groups excluding carboxylic acids is 1. The minimum atomic E-state index is -0.902. The van der Waals surface area contributed by atoms with E-state index in [4.69, 9.17) is 5.26 Å². The topological polar surface area (TPSA) is 55.8 Å². The number of hydrogen-bond donors (Lipinski definition) is 1. The van der Waals surface area contributed by atoms with Crippen LogP contribution in [0, 0.1) is 5.41 Å². The van der Waals surface area contributed by atoms with E-state index in [1.807, 2.05) is 0 Å². The zero-order chi connectivity index (χ0) is 10.8. The smallest absolute Gasteiger partial charge is 0.319 e. The Labute approximate surface area is 82.8 Å². The summed E-state index contributed by atoms with van der Waals surface area (Å²) in [4.78, 5) is 15.7. The van der Waals surface area contributed by atoms with E-state index in [-0.39, 0.29) is 0 Å². The maximum absolute atomic E-state index is 11.5. The Morgan fingerprint density at radius 3 is 2.93 bits per heavy atom. The lowest BCUT2D eigenvalue weighted by Crippen LogP contribution is -2.36. The van der Waals surface area contributed by atoms with Gasteiger partial charge in [0.05, 0.1) is 7.11 Å². The molecule has 1 aliphatic rings. The molecule has 4 nitrogen and oxygen atoms in total. The van der Waals surface area contributed by atoms with E-state index in [0.29, 0.717) is 12.0 Å². The maximum Gasteiger partial charge on any atom is 0.319 e. The molecule has 0 fully saturated rings. The highest BCUT2D eigenvalue weighted by molar-refractivity contribution is 5.83. The van der Waals surface area contributed by atoms with Crippen LogP contribution in [0.2, 0.25) is 0 Å². The average molecular weight is 198 g/mol. The van der Waals surface area contributed by atoms with Gasteiger partial charge in [0.1, 0.15) is 11.5 Å². The summed E-state index contributed by atoms with van der Waals surface area (Å²) in [7, 11) is 1.32. The van der Waals surface area contributed by atoms with E-state index in [2.05, 4.69) is 16.2 Å². The first-order chi connectivity index (χ1) is 6.56. The predicted octanol–water partition coefficient (Wildman–Crippen LogP) is 1.54. The average Bonchev–Trinajstić information content (AvgIpc) is 2.21. The van der Waals surface area contributed by atoms with Crippen molar-refractivity contribution in [2.24, 2.45) is 5.41 Å². The van der Waals surface area contributed by atoms with Gasteiger partial charge in [-0.3, -0.25) is 10.1 Å². The molecule has 78 valence electrons. The lowest BCUT2D eigenvalue weighted by atomic mass is 9.75. The number of hydrogen-bond acceptors (Lipinski definition) is 4. The first-order valence-corrected chi connectivity index (χ1v) is 4.32. The van der Waals surface area contributed by atoms with Gasteiger partial charge in [-0.25, -0.2) is 4.89 Å². The monoisotopic (exact) mass is 198 g/mol. The van der Waals surface area contributed by atoms with E-state index in [9.17, 15) is 4.79 Å². The van der Waals surface area contributed by atoms with Gasteiger partial charge in [-0.2, -0.15) is 0 Å². The van der Waals surface area contributed by atoms with Crippen molar-refractivity contribution < 1.29 is 19.7 Å². The highest BCUT2D eigenvalue weighted by Crippen LogP contribution is 2.37. The van der Waals surface area contributed by atoms with Gasteiger partial charge >= 0.3 is 5.97 Å². The quantitative estimate of drug-likeness (QED) is 0.316. The molecule has 1 aliphatic carbocycles. The molecule has 0 bridgehead atoms. The highest BCUT2D eigenvalue weighted by Gasteiger charge is 2.40. The van der Waals surface area contributed by atoms with Crippen LogP contribution in [0.4, 0.5) is 0 Å². The molecule has 0 heterocycles. The van der Waals surface area contributed by atoms with E-state index >= 15 is 0 Å². The summed E-state index contributed by atoms with van der Waals surface area (Å²) < 4.78 is 4.67. The molecule has 0 unspecified atom stereocenters. The third-order valence-electron chi connectivity index (χ3n) is 2.59. The van der Waals surface area contributed by atoms with Crippen LogP contribution >= 0.6 is 0 Å². The van der Waals surface area contributed by atoms with Crippen molar-refractivity contribution in [2.45, 2.75) is 19.4 Å². The summed E-state index contributed by atoms with van der Waals surface area (Å²) in [5, 5.41) is 8.60. The zero-order valence-electron chi connectivity index (χ0n) is 8.32. The third-order valence-corrected chi connectivity index (χ3v) is 2.59. The summed E-state index contributed by atoms with van der Waals surface area (Å²) in [6.07, 6.45) is 3.47. The van der Waals surface area contributed by atoms with Crippen molar-refractivity contribution in [3.63, 3.8) is 0 Å². The van der Waals surface area contributed by atoms with Crippen molar-refractivity contribution in [1.29, 1.82) is 0 Å². The Morgan fingerprint density at radius 1 is 1.79 bits per heavy atom. The Kier molecular flexibility index (Phi) is 3.08. The lowest BCUT2D eigenvalue weighted by Gasteiger charge is -2.32. The molecule has 0 spiro atoms. The van der Waals surface area contributed by atoms with Gasteiger partial charge in [-0.05, 0) is 18.9 Å². The molecule has 1 rings (SSSR count). The van der Waals surface area contributed by atoms with Crippen molar-refractivity contribution in [3.05, 3.63) is 24.3 Å². The van der Waals surface area contributed by atoms with Crippen LogP contribution < -0.4 is 0 Å². The molecule has 0 amide bonds. The molecule has 0 saturated carbocycles. The number of methoxy groups -OCH3 is 1. The minimum absolute atomic E-state index is 0.402. The van der Waals surface area contributed by atoms with Crippen LogP contribution in [0.1, 0.15) is 13.3 Å². The largest absolute Gasteiger partial charge is 0.468 e. The summed E-state index contributed by atoms with van der Waals surface area (Å²) in [6.45, 7) is 5.43. The fourth-order valence-corrected chi connectivity index (χ4v) is 1.53. The van der Waals surface area contributed by atoms with E-state index in [1.165, 1.54) is 7.11 Å². The third kappa shape index (κ3) is 1.58.